The number of ketones is 1. The monoisotopic (exact) mass is 491 g/mol. The number of carbonyl (C=O) groups is 3. The molecular weight excluding hydrogens is 461 g/mol. The maximum Gasteiger partial charge on any atom is 0.270 e. The van der Waals surface area contributed by atoms with E-state index < -0.39 is 5.91 Å². The Kier molecular flexibility index (Phi) is 6.10. The van der Waals surface area contributed by atoms with Crippen molar-refractivity contribution in [1.82, 2.24) is 25.2 Å². The molecule has 3 fully saturated rings. The van der Waals surface area contributed by atoms with Crippen LogP contribution in [0.4, 0.5) is 4.39 Å². The van der Waals surface area contributed by atoms with E-state index in [1.165, 1.54) is 22.8 Å². The van der Waals surface area contributed by atoms with Crippen molar-refractivity contribution in [3.8, 4) is 0 Å². The molecule has 36 heavy (non-hydrogen) atoms. The Hall–Kier alpha value is -3.62. The van der Waals surface area contributed by atoms with Crippen LogP contribution in [0.2, 0.25) is 0 Å². The molecule has 0 radical (unpaired) electrons. The molecule has 3 aromatic rings. The van der Waals surface area contributed by atoms with E-state index in [9.17, 15) is 18.8 Å². The number of fused-ring (bicyclic) bond motifs is 4. The Balaban J connectivity index is 1.29. The van der Waals surface area contributed by atoms with Gasteiger partial charge < -0.3 is 10.6 Å². The molecule has 1 aromatic carbocycles. The highest BCUT2D eigenvalue weighted by Gasteiger charge is 2.50. The number of rotatable bonds is 7. The van der Waals surface area contributed by atoms with Crippen LogP contribution in [0.1, 0.15) is 77.6 Å². The highest BCUT2D eigenvalue weighted by atomic mass is 19.1. The fourth-order valence-electron chi connectivity index (χ4n) is 5.70. The lowest BCUT2D eigenvalue weighted by molar-refractivity contribution is -0.135. The Bertz CT molecular complexity index is 1340. The number of nitrogens with one attached hydrogen (secondary N) is 2. The van der Waals surface area contributed by atoms with Gasteiger partial charge in [-0.25, -0.2) is 13.9 Å². The Morgan fingerprint density at radius 3 is 2.39 bits per heavy atom. The Morgan fingerprint density at radius 1 is 1.00 bits per heavy atom. The average molecular weight is 492 g/mol. The molecule has 6 rings (SSSR count). The predicted octanol–water partition coefficient (Wildman–Crippen LogP) is 3.77. The molecule has 2 amide bonds. The van der Waals surface area contributed by atoms with Crippen LogP contribution in [0.25, 0.3) is 5.65 Å². The van der Waals surface area contributed by atoms with Gasteiger partial charge in [0.2, 0.25) is 0 Å². The zero-order valence-electron chi connectivity index (χ0n) is 20.6. The van der Waals surface area contributed by atoms with Crippen molar-refractivity contribution in [2.75, 3.05) is 6.54 Å². The molecule has 2 N–H and O–H groups in total. The van der Waals surface area contributed by atoms with Gasteiger partial charge in [-0.15, -0.1) is 0 Å². The molecule has 3 saturated carbocycles. The number of hydrogen-bond acceptors (Lipinski definition) is 5. The van der Waals surface area contributed by atoms with Crippen LogP contribution in [0.5, 0.6) is 0 Å². The molecule has 0 atom stereocenters. The van der Waals surface area contributed by atoms with Gasteiger partial charge in [0, 0.05) is 30.6 Å². The summed E-state index contributed by atoms with van der Waals surface area (Å²) in [5.74, 6) is -0.767. The number of aromatic nitrogens is 3. The standard InChI is InChI=1S/C27H30FN5O3/c1-17-13-19(3-4-20(17)28)15-29-24(35)21-14-22(33-23(32-21)5-12-31-33)25(36)30-16-26-6-9-27(10-7-26,11-8-26)18(2)34/h3-5,12-14H,6-11,15-16H2,1-2H3,(H,29,35)(H,30,36). The summed E-state index contributed by atoms with van der Waals surface area (Å²) in [6.07, 6.45) is 6.97. The summed E-state index contributed by atoms with van der Waals surface area (Å²) >= 11 is 0. The van der Waals surface area contributed by atoms with E-state index in [4.69, 9.17) is 0 Å². The van der Waals surface area contributed by atoms with Crippen molar-refractivity contribution in [2.45, 2.75) is 58.9 Å². The van der Waals surface area contributed by atoms with Crippen molar-refractivity contribution >= 4 is 23.2 Å². The molecule has 9 heteroatoms. The number of halogens is 1. The van der Waals surface area contributed by atoms with E-state index in [1.54, 1.807) is 32.0 Å². The Labute approximate surface area is 208 Å². The minimum absolute atomic E-state index is 0.0105. The number of amides is 2. The summed E-state index contributed by atoms with van der Waals surface area (Å²) in [6, 6.07) is 7.75. The average Bonchev–Trinajstić information content (AvgIpc) is 3.37. The largest absolute Gasteiger partial charge is 0.350 e. The van der Waals surface area contributed by atoms with Gasteiger partial charge in [-0.2, -0.15) is 5.10 Å². The minimum Gasteiger partial charge on any atom is -0.350 e. The van der Waals surface area contributed by atoms with Crippen molar-refractivity contribution < 1.29 is 18.8 Å². The molecule has 0 aliphatic heterocycles. The number of hydrogen-bond donors (Lipinski definition) is 2. The van der Waals surface area contributed by atoms with Crippen LogP contribution in [-0.4, -0.2) is 38.7 Å². The van der Waals surface area contributed by atoms with E-state index >= 15 is 0 Å². The van der Waals surface area contributed by atoms with Gasteiger partial charge in [0.15, 0.2) is 5.65 Å². The fraction of sp³-hybridized carbons (Fsp3) is 0.444. The molecule has 2 aromatic heterocycles. The van der Waals surface area contributed by atoms with Gasteiger partial charge in [0.05, 0.1) is 6.20 Å². The molecule has 3 aliphatic rings. The topological polar surface area (TPSA) is 105 Å². The second-order valence-corrected chi connectivity index (χ2v) is 10.4. The van der Waals surface area contributed by atoms with Crippen molar-refractivity contribution in [2.24, 2.45) is 10.8 Å². The number of benzene rings is 1. The summed E-state index contributed by atoms with van der Waals surface area (Å²) < 4.78 is 14.9. The smallest absolute Gasteiger partial charge is 0.270 e. The summed E-state index contributed by atoms with van der Waals surface area (Å²) in [5, 5.41) is 10.1. The van der Waals surface area contributed by atoms with Crippen LogP contribution in [0.15, 0.2) is 36.5 Å². The molecular formula is C27H30FN5O3. The first-order valence-corrected chi connectivity index (χ1v) is 12.4. The molecule has 8 nitrogen and oxygen atoms in total. The quantitative estimate of drug-likeness (QED) is 0.524. The van der Waals surface area contributed by atoms with Crippen LogP contribution in [-0.2, 0) is 11.3 Å². The highest BCUT2D eigenvalue weighted by Crippen LogP contribution is 2.56. The lowest BCUT2D eigenvalue weighted by Gasteiger charge is -2.52. The third-order valence-corrected chi connectivity index (χ3v) is 8.27. The van der Waals surface area contributed by atoms with E-state index in [1.807, 2.05) is 0 Å². The van der Waals surface area contributed by atoms with Gasteiger partial charge in [-0.3, -0.25) is 14.4 Å². The van der Waals surface area contributed by atoms with Crippen LogP contribution >= 0.6 is 0 Å². The van der Waals surface area contributed by atoms with Gasteiger partial charge in [0.1, 0.15) is 23.0 Å². The van der Waals surface area contributed by atoms with Gasteiger partial charge in [0.25, 0.3) is 11.8 Å². The summed E-state index contributed by atoms with van der Waals surface area (Å²) in [5.41, 5.74) is 1.84. The SMILES string of the molecule is CC(=O)C12CCC(CNC(=O)c3cc(C(=O)NCc4ccc(F)c(C)c4)nc4ccnn34)(CC1)CC2. The maximum atomic E-state index is 13.5. The zero-order valence-corrected chi connectivity index (χ0v) is 20.6. The third-order valence-electron chi connectivity index (χ3n) is 8.27. The molecule has 0 unspecified atom stereocenters. The van der Waals surface area contributed by atoms with E-state index in [2.05, 4.69) is 20.7 Å². The maximum absolute atomic E-state index is 13.5. The van der Waals surface area contributed by atoms with Gasteiger partial charge in [-0.1, -0.05) is 12.1 Å². The van der Waals surface area contributed by atoms with Crippen LogP contribution in [0.3, 0.4) is 0 Å². The van der Waals surface area contributed by atoms with Crippen LogP contribution in [0, 0.1) is 23.6 Å². The number of carbonyl (C=O) groups excluding carboxylic acids is 3. The van der Waals surface area contributed by atoms with Crippen molar-refractivity contribution in [1.29, 1.82) is 0 Å². The fourth-order valence-corrected chi connectivity index (χ4v) is 5.70. The van der Waals surface area contributed by atoms with Gasteiger partial charge >= 0.3 is 0 Å². The minimum atomic E-state index is -0.437. The van der Waals surface area contributed by atoms with E-state index in [-0.39, 0.29) is 46.3 Å². The lowest BCUT2D eigenvalue weighted by atomic mass is 9.52. The van der Waals surface area contributed by atoms with E-state index in [0.29, 0.717) is 17.8 Å². The first kappa shape index (κ1) is 24.1. The summed E-state index contributed by atoms with van der Waals surface area (Å²) in [4.78, 5) is 42.6. The van der Waals surface area contributed by atoms with Crippen molar-refractivity contribution in [3.05, 3.63) is 64.9 Å². The summed E-state index contributed by atoms with van der Waals surface area (Å²) in [6.45, 7) is 4.10. The highest BCUT2D eigenvalue weighted by molar-refractivity contribution is 5.98. The Morgan fingerprint density at radius 2 is 1.72 bits per heavy atom. The van der Waals surface area contributed by atoms with Crippen molar-refractivity contribution in [3.63, 3.8) is 0 Å². The molecule has 2 bridgehead atoms. The van der Waals surface area contributed by atoms with Gasteiger partial charge in [-0.05, 0) is 75.0 Å². The molecule has 0 saturated heterocycles. The number of nitrogens with zero attached hydrogens (tertiary/aromatic N) is 3. The second kappa shape index (κ2) is 9.11. The zero-order chi connectivity index (χ0) is 25.5. The molecule has 2 heterocycles. The first-order chi connectivity index (χ1) is 17.2. The molecule has 0 spiro atoms. The summed E-state index contributed by atoms with van der Waals surface area (Å²) in [7, 11) is 0. The van der Waals surface area contributed by atoms with Crippen LogP contribution < -0.4 is 10.6 Å². The van der Waals surface area contributed by atoms with E-state index in [0.717, 1.165) is 44.1 Å². The number of Topliss-reactive ketones (excluding diaryl/α,β-unsaturated/α-hetero) is 1. The number of aryl methyl sites for hydroxylation is 1. The normalized spacial score (nSPS) is 23.0. The molecule has 188 valence electrons. The predicted molar refractivity (Wildman–Crippen MR) is 131 cm³/mol. The lowest BCUT2D eigenvalue weighted by Crippen LogP contribution is -2.49. The first-order valence-electron chi connectivity index (χ1n) is 12.4. The molecule has 3 aliphatic carbocycles. The third kappa shape index (κ3) is 4.38. The second-order valence-electron chi connectivity index (χ2n) is 10.4.